The molecule has 2 nitrogen and oxygen atoms in total. The number of aromatic nitrogens is 1. The summed E-state index contributed by atoms with van der Waals surface area (Å²) in [7, 11) is 0. The molecule has 3 rings (SSSR count). The summed E-state index contributed by atoms with van der Waals surface area (Å²) in [4.78, 5) is 4.62. The molecule has 0 saturated carbocycles. The zero-order chi connectivity index (χ0) is 15.9. The van der Waals surface area contributed by atoms with Crippen LogP contribution in [0.1, 0.15) is 11.1 Å². The second-order valence-corrected chi connectivity index (χ2v) is 5.88. The third-order valence-electron chi connectivity index (χ3n) is 3.60. The molecule has 0 radical (unpaired) electrons. The lowest BCUT2D eigenvalue weighted by atomic mass is 10.0. The number of nitrogens with zero attached hydrogens (tertiary/aromatic N) is 1. The van der Waals surface area contributed by atoms with Crippen LogP contribution in [0.2, 0.25) is 10.0 Å². The van der Waals surface area contributed by atoms with E-state index in [0.29, 0.717) is 26.8 Å². The highest BCUT2D eigenvalue weighted by molar-refractivity contribution is 6.36. The van der Waals surface area contributed by atoms with Crippen LogP contribution in [0.5, 0.6) is 0 Å². The normalized spacial score (nSPS) is 11.1. The van der Waals surface area contributed by atoms with Crippen LogP contribution in [0.4, 0.5) is 4.39 Å². The Morgan fingerprint density at radius 3 is 2.64 bits per heavy atom. The van der Waals surface area contributed by atoms with Gasteiger partial charge in [0.1, 0.15) is 5.82 Å². The van der Waals surface area contributed by atoms with Crippen LogP contribution in [-0.2, 0) is 6.54 Å². The van der Waals surface area contributed by atoms with Crippen LogP contribution in [0.25, 0.3) is 22.2 Å². The largest absolute Gasteiger partial charge is 0.326 e. The first-order valence-corrected chi connectivity index (χ1v) is 7.51. The number of hydrogen-bond donors (Lipinski definition) is 1. The molecule has 0 aliphatic heterocycles. The minimum absolute atomic E-state index is 0.274. The number of halogens is 3. The smallest absolute Gasteiger partial charge is 0.123 e. The van der Waals surface area contributed by atoms with Crippen molar-refractivity contribution < 1.29 is 4.39 Å². The summed E-state index contributed by atoms with van der Waals surface area (Å²) in [5.74, 6) is -0.375. The molecule has 0 unspecified atom stereocenters. The topological polar surface area (TPSA) is 38.9 Å². The predicted octanol–water partition coefficient (Wildman–Crippen LogP) is 5.11. The fourth-order valence-corrected chi connectivity index (χ4v) is 2.84. The molecule has 0 spiro atoms. The zero-order valence-electron chi connectivity index (χ0n) is 11.8. The Hall–Kier alpha value is -1.68. The first kappa shape index (κ1) is 15.2. The van der Waals surface area contributed by atoms with Crippen molar-refractivity contribution in [3.8, 4) is 11.3 Å². The van der Waals surface area contributed by atoms with E-state index in [-0.39, 0.29) is 12.4 Å². The van der Waals surface area contributed by atoms with Crippen molar-refractivity contribution in [3.05, 3.63) is 63.4 Å². The molecule has 0 fully saturated rings. The van der Waals surface area contributed by atoms with E-state index >= 15 is 0 Å². The molecule has 2 aromatic carbocycles. The van der Waals surface area contributed by atoms with Crippen molar-refractivity contribution >= 4 is 34.1 Å². The summed E-state index contributed by atoms with van der Waals surface area (Å²) in [5.41, 5.74) is 9.28. The highest BCUT2D eigenvalue weighted by Crippen LogP contribution is 2.34. The van der Waals surface area contributed by atoms with Gasteiger partial charge in [-0.05, 0) is 42.3 Å². The molecule has 112 valence electrons. The Morgan fingerprint density at radius 1 is 1.14 bits per heavy atom. The average Bonchev–Trinajstić information content (AvgIpc) is 2.52. The molecule has 0 aliphatic rings. The Bertz CT molecular complexity index is 878. The summed E-state index contributed by atoms with van der Waals surface area (Å²) in [6.07, 6.45) is 0. The quantitative estimate of drug-likeness (QED) is 0.706. The number of rotatable bonds is 2. The van der Waals surface area contributed by atoms with Gasteiger partial charge >= 0.3 is 0 Å². The van der Waals surface area contributed by atoms with Gasteiger partial charge in [0.15, 0.2) is 0 Å². The third-order valence-corrected chi connectivity index (χ3v) is 4.41. The summed E-state index contributed by atoms with van der Waals surface area (Å²) in [6, 6.07) is 9.98. The van der Waals surface area contributed by atoms with E-state index in [2.05, 4.69) is 4.98 Å². The highest BCUT2D eigenvalue weighted by Gasteiger charge is 2.14. The van der Waals surface area contributed by atoms with Crippen molar-refractivity contribution in [3.63, 3.8) is 0 Å². The summed E-state index contributed by atoms with van der Waals surface area (Å²) >= 11 is 12.6. The fraction of sp³-hybridized carbons (Fsp3) is 0.118. The van der Waals surface area contributed by atoms with Gasteiger partial charge in [0.05, 0.1) is 21.3 Å². The molecule has 2 N–H and O–H groups in total. The number of fused-ring (bicyclic) bond motifs is 1. The van der Waals surface area contributed by atoms with Gasteiger partial charge < -0.3 is 5.73 Å². The van der Waals surface area contributed by atoms with Crippen LogP contribution < -0.4 is 5.73 Å². The number of aryl methyl sites for hydroxylation is 1. The molecule has 5 heteroatoms. The molecule has 0 bridgehead atoms. The zero-order valence-corrected chi connectivity index (χ0v) is 13.3. The molecule has 0 atom stereocenters. The Balaban J connectivity index is 2.37. The van der Waals surface area contributed by atoms with Gasteiger partial charge in [0.2, 0.25) is 0 Å². The molecular weight excluding hydrogens is 322 g/mol. The number of nitrogens with two attached hydrogens (primary N) is 1. The Kier molecular flexibility index (Phi) is 4.04. The average molecular weight is 335 g/mol. The van der Waals surface area contributed by atoms with Crippen LogP contribution in [0, 0.1) is 12.7 Å². The lowest BCUT2D eigenvalue weighted by molar-refractivity contribution is 0.628. The number of benzene rings is 2. The van der Waals surface area contributed by atoms with Gasteiger partial charge in [0.25, 0.3) is 0 Å². The van der Waals surface area contributed by atoms with Crippen molar-refractivity contribution in [2.75, 3.05) is 0 Å². The molecular formula is C17H13Cl2FN2. The van der Waals surface area contributed by atoms with Gasteiger partial charge in [-0.2, -0.15) is 0 Å². The van der Waals surface area contributed by atoms with Crippen LogP contribution in [-0.4, -0.2) is 4.98 Å². The standard InChI is InChI=1S/C17H13Cl2FN2/c1-9-2-3-10-6-11(8-21)16(22-17(10)15(9)19)13-7-12(20)4-5-14(13)18/h2-7H,8,21H2,1H3. The maximum atomic E-state index is 13.6. The molecule has 22 heavy (non-hydrogen) atoms. The molecule has 0 aliphatic carbocycles. The second kappa shape index (κ2) is 5.84. The monoisotopic (exact) mass is 334 g/mol. The van der Waals surface area contributed by atoms with Gasteiger partial charge in [-0.3, -0.25) is 0 Å². The van der Waals surface area contributed by atoms with E-state index in [1.807, 2.05) is 25.1 Å². The number of pyridine rings is 1. The lowest BCUT2D eigenvalue weighted by Crippen LogP contribution is -2.02. The third kappa shape index (κ3) is 2.56. The summed E-state index contributed by atoms with van der Waals surface area (Å²) in [6.45, 7) is 2.19. The van der Waals surface area contributed by atoms with Crippen LogP contribution in [0.15, 0.2) is 36.4 Å². The molecule has 1 aromatic heterocycles. The van der Waals surface area contributed by atoms with E-state index in [1.165, 1.54) is 18.2 Å². The Morgan fingerprint density at radius 2 is 1.91 bits per heavy atom. The first-order chi connectivity index (χ1) is 10.5. The van der Waals surface area contributed by atoms with Crippen LogP contribution >= 0.6 is 23.2 Å². The maximum absolute atomic E-state index is 13.6. The van der Waals surface area contributed by atoms with E-state index in [1.54, 1.807) is 0 Å². The van der Waals surface area contributed by atoms with Gasteiger partial charge in [-0.15, -0.1) is 0 Å². The SMILES string of the molecule is Cc1ccc2cc(CN)c(-c3cc(F)ccc3Cl)nc2c1Cl. The minimum atomic E-state index is -0.375. The van der Waals surface area contributed by atoms with E-state index in [0.717, 1.165) is 16.5 Å². The van der Waals surface area contributed by atoms with Gasteiger partial charge in [-0.1, -0.05) is 35.3 Å². The molecule has 0 saturated heterocycles. The summed E-state index contributed by atoms with van der Waals surface area (Å²) < 4.78 is 13.6. The maximum Gasteiger partial charge on any atom is 0.123 e. The predicted molar refractivity (Wildman–Crippen MR) is 89.8 cm³/mol. The fourth-order valence-electron chi connectivity index (χ4n) is 2.42. The van der Waals surface area contributed by atoms with Crippen LogP contribution in [0.3, 0.4) is 0 Å². The van der Waals surface area contributed by atoms with E-state index in [4.69, 9.17) is 28.9 Å². The van der Waals surface area contributed by atoms with Crippen molar-refractivity contribution in [1.29, 1.82) is 0 Å². The molecule has 0 amide bonds. The molecule has 3 aromatic rings. The van der Waals surface area contributed by atoms with Crippen molar-refractivity contribution in [2.24, 2.45) is 5.73 Å². The summed E-state index contributed by atoms with van der Waals surface area (Å²) in [5, 5.41) is 1.90. The van der Waals surface area contributed by atoms with Crippen molar-refractivity contribution in [1.82, 2.24) is 4.98 Å². The lowest BCUT2D eigenvalue weighted by Gasteiger charge is -2.12. The van der Waals surface area contributed by atoms with E-state index in [9.17, 15) is 4.39 Å². The first-order valence-electron chi connectivity index (χ1n) is 6.75. The van der Waals surface area contributed by atoms with Crippen molar-refractivity contribution in [2.45, 2.75) is 13.5 Å². The highest BCUT2D eigenvalue weighted by atomic mass is 35.5. The minimum Gasteiger partial charge on any atom is -0.326 e. The van der Waals surface area contributed by atoms with E-state index < -0.39 is 0 Å². The second-order valence-electron chi connectivity index (χ2n) is 5.09. The Labute approximate surface area is 137 Å². The van der Waals surface area contributed by atoms with Gasteiger partial charge in [-0.25, -0.2) is 9.37 Å². The number of hydrogen-bond acceptors (Lipinski definition) is 2. The molecule has 1 heterocycles. The van der Waals surface area contributed by atoms with Gasteiger partial charge in [0, 0.05) is 17.5 Å².